The van der Waals surface area contributed by atoms with E-state index >= 15 is 0 Å². The highest BCUT2D eigenvalue weighted by atomic mass is 35.5. The van der Waals surface area contributed by atoms with Gasteiger partial charge in [0.1, 0.15) is 23.7 Å². The third-order valence-electron chi connectivity index (χ3n) is 3.94. The van der Waals surface area contributed by atoms with Crippen LogP contribution in [0.1, 0.15) is 18.6 Å². The number of halogens is 1. The highest BCUT2D eigenvalue weighted by molar-refractivity contribution is 6.30. The number of benzene rings is 2. The van der Waals surface area contributed by atoms with Crippen molar-refractivity contribution in [2.24, 2.45) is 0 Å². The average Bonchev–Trinajstić information content (AvgIpc) is 2.80. The van der Waals surface area contributed by atoms with Gasteiger partial charge in [-0.05, 0) is 36.8 Å². The Kier molecular flexibility index (Phi) is 4.05. The lowest BCUT2D eigenvalue weighted by molar-refractivity contribution is -0.666. The van der Waals surface area contributed by atoms with Crippen molar-refractivity contribution in [3.8, 4) is 0 Å². The average molecular weight is 317 g/mol. The van der Waals surface area contributed by atoms with Crippen LogP contribution in [0.4, 0.5) is 5.95 Å². The van der Waals surface area contributed by atoms with Crippen molar-refractivity contribution in [3.63, 3.8) is 0 Å². The highest BCUT2D eigenvalue weighted by Gasteiger charge is 2.22. The maximum atomic E-state index is 10.5. The first-order valence-corrected chi connectivity index (χ1v) is 7.69. The zero-order valence-corrected chi connectivity index (χ0v) is 13.2. The number of fused-ring (bicyclic) bond motifs is 1. The number of para-hydroxylation sites is 2. The lowest BCUT2D eigenvalue weighted by atomic mass is 10.1. The number of rotatable bonds is 4. The molecule has 3 aromatic rings. The van der Waals surface area contributed by atoms with Crippen LogP contribution >= 0.6 is 11.6 Å². The maximum Gasteiger partial charge on any atom is 0.356 e. The zero-order chi connectivity index (χ0) is 15.7. The summed E-state index contributed by atoms with van der Waals surface area (Å²) < 4.78 is 4.00. The lowest BCUT2D eigenvalue weighted by Crippen LogP contribution is -2.39. The lowest BCUT2D eigenvalue weighted by Gasteiger charge is -2.10. The summed E-state index contributed by atoms with van der Waals surface area (Å²) in [4.78, 5) is 0. The number of hydrogen-bond acceptors (Lipinski definition) is 2. The Morgan fingerprint density at radius 2 is 1.86 bits per heavy atom. The number of aromatic nitrogens is 2. The van der Waals surface area contributed by atoms with Crippen molar-refractivity contribution < 1.29 is 9.67 Å². The number of nitrogens with two attached hydrogens (primary N) is 1. The normalized spacial score (nSPS) is 12.7. The topological polar surface area (TPSA) is 55.1 Å². The van der Waals surface area contributed by atoms with Crippen LogP contribution in [-0.2, 0) is 13.1 Å². The minimum Gasteiger partial charge on any atom is -0.385 e. The molecule has 2 aromatic carbocycles. The molecule has 0 spiro atoms. The molecule has 22 heavy (non-hydrogen) atoms. The number of nitrogen functional groups attached to an aromatic ring is 1. The molecule has 114 valence electrons. The second-order valence-electron chi connectivity index (χ2n) is 5.27. The van der Waals surface area contributed by atoms with Crippen molar-refractivity contribution >= 4 is 28.6 Å². The second kappa shape index (κ2) is 5.99. The van der Waals surface area contributed by atoms with Gasteiger partial charge in [0.25, 0.3) is 0 Å². The van der Waals surface area contributed by atoms with Crippen LogP contribution in [0, 0.1) is 0 Å². The van der Waals surface area contributed by atoms with Gasteiger partial charge < -0.3 is 5.11 Å². The second-order valence-corrected chi connectivity index (χ2v) is 5.71. The first-order valence-electron chi connectivity index (χ1n) is 7.32. The fraction of sp³-hybridized carbons (Fsp3) is 0.235. The fourth-order valence-corrected chi connectivity index (χ4v) is 2.93. The van der Waals surface area contributed by atoms with Gasteiger partial charge in [-0.2, -0.15) is 0 Å². The van der Waals surface area contributed by atoms with Crippen LogP contribution in [0.2, 0.25) is 5.02 Å². The molecule has 3 N–H and O–H groups in total. The predicted octanol–water partition coefficient (Wildman–Crippen LogP) is 2.92. The van der Waals surface area contributed by atoms with E-state index in [9.17, 15) is 5.11 Å². The summed E-state index contributed by atoms with van der Waals surface area (Å²) in [6.07, 6.45) is -0.638. The van der Waals surface area contributed by atoms with Gasteiger partial charge in [-0.25, -0.2) is 9.13 Å². The molecule has 0 fully saturated rings. The van der Waals surface area contributed by atoms with E-state index in [0.29, 0.717) is 17.5 Å². The van der Waals surface area contributed by atoms with Crippen LogP contribution in [-0.4, -0.2) is 9.67 Å². The van der Waals surface area contributed by atoms with E-state index in [1.54, 1.807) is 12.1 Å². The molecule has 4 nitrogen and oxygen atoms in total. The molecular formula is C17H19ClN3O+. The van der Waals surface area contributed by atoms with E-state index in [1.165, 1.54) is 0 Å². The van der Waals surface area contributed by atoms with Gasteiger partial charge in [0, 0.05) is 5.02 Å². The van der Waals surface area contributed by atoms with E-state index in [2.05, 4.69) is 6.92 Å². The molecular weight excluding hydrogens is 298 g/mol. The van der Waals surface area contributed by atoms with Gasteiger partial charge in [0.15, 0.2) is 0 Å². The van der Waals surface area contributed by atoms with Crippen molar-refractivity contribution in [2.45, 2.75) is 26.1 Å². The molecule has 0 unspecified atom stereocenters. The minimum atomic E-state index is -0.638. The van der Waals surface area contributed by atoms with Crippen LogP contribution < -0.4 is 10.3 Å². The summed E-state index contributed by atoms with van der Waals surface area (Å²) in [5.41, 5.74) is 9.19. The van der Waals surface area contributed by atoms with Crippen molar-refractivity contribution in [3.05, 3.63) is 59.1 Å². The van der Waals surface area contributed by atoms with E-state index in [1.807, 2.05) is 45.5 Å². The first kappa shape index (κ1) is 14.9. The summed E-state index contributed by atoms with van der Waals surface area (Å²) in [5.74, 6) is 0.650. The fourth-order valence-electron chi connectivity index (χ4n) is 2.80. The Labute approximate surface area is 134 Å². The smallest absolute Gasteiger partial charge is 0.356 e. The quantitative estimate of drug-likeness (QED) is 0.727. The predicted molar refractivity (Wildman–Crippen MR) is 88.6 cm³/mol. The molecule has 0 aliphatic rings. The number of anilines is 1. The van der Waals surface area contributed by atoms with Crippen LogP contribution in [0.5, 0.6) is 0 Å². The largest absolute Gasteiger partial charge is 0.385 e. The molecule has 0 aliphatic heterocycles. The van der Waals surface area contributed by atoms with E-state index in [4.69, 9.17) is 17.3 Å². The van der Waals surface area contributed by atoms with Gasteiger partial charge in [-0.1, -0.05) is 35.9 Å². The number of aliphatic hydroxyl groups is 1. The van der Waals surface area contributed by atoms with Crippen molar-refractivity contribution in [1.82, 2.24) is 4.57 Å². The Hall–Kier alpha value is -2.04. The standard InChI is InChI=1S/C17H18ClN3O/c1-2-20-14-5-3-4-6-15(14)21(17(20)19)11-16(22)12-7-9-13(18)10-8-12/h3-10,16,19,22H,2,11H2,1H3/p+1/t16-/m1/s1. The molecule has 1 atom stereocenters. The molecule has 0 saturated carbocycles. The molecule has 0 radical (unpaired) electrons. The maximum absolute atomic E-state index is 10.5. The molecule has 5 heteroatoms. The molecule has 1 heterocycles. The Morgan fingerprint density at radius 1 is 1.18 bits per heavy atom. The number of nitrogens with zero attached hydrogens (tertiary/aromatic N) is 2. The third kappa shape index (κ3) is 2.56. The summed E-state index contributed by atoms with van der Waals surface area (Å²) in [5, 5.41) is 11.2. The summed E-state index contributed by atoms with van der Waals surface area (Å²) in [7, 11) is 0. The SMILES string of the molecule is CCn1c(N)[n+](C[C@@H](O)c2ccc(Cl)cc2)c2ccccc21. The Morgan fingerprint density at radius 3 is 2.55 bits per heavy atom. The van der Waals surface area contributed by atoms with Gasteiger partial charge in [0.2, 0.25) is 0 Å². The van der Waals surface area contributed by atoms with E-state index in [0.717, 1.165) is 23.1 Å². The highest BCUT2D eigenvalue weighted by Crippen LogP contribution is 2.20. The summed E-state index contributed by atoms with van der Waals surface area (Å²) >= 11 is 5.89. The molecule has 1 aromatic heterocycles. The van der Waals surface area contributed by atoms with Gasteiger partial charge in [-0.3, -0.25) is 5.73 Å². The molecule has 0 bridgehead atoms. The van der Waals surface area contributed by atoms with Gasteiger partial charge in [-0.15, -0.1) is 0 Å². The van der Waals surface area contributed by atoms with Crippen LogP contribution in [0.15, 0.2) is 48.5 Å². The molecule has 0 saturated heterocycles. The van der Waals surface area contributed by atoms with E-state index < -0.39 is 6.10 Å². The number of aryl methyl sites for hydroxylation is 1. The minimum absolute atomic E-state index is 0.404. The number of imidazole rings is 1. The van der Waals surface area contributed by atoms with Crippen LogP contribution in [0.25, 0.3) is 11.0 Å². The van der Waals surface area contributed by atoms with Crippen molar-refractivity contribution in [1.29, 1.82) is 0 Å². The first-order chi connectivity index (χ1) is 10.6. The number of aliphatic hydroxyl groups excluding tert-OH is 1. The van der Waals surface area contributed by atoms with E-state index in [-0.39, 0.29) is 0 Å². The van der Waals surface area contributed by atoms with Gasteiger partial charge in [0.05, 0.1) is 6.54 Å². The Bertz CT molecular complexity index is 796. The molecule has 3 rings (SSSR count). The van der Waals surface area contributed by atoms with Crippen molar-refractivity contribution in [2.75, 3.05) is 5.73 Å². The van der Waals surface area contributed by atoms with Crippen LogP contribution in [0.3, 0.4) is 0 Å². The monoisotopic (exact) mass is 316 g/mol. The number of hydrogen-bond donors (Lipinski definition) is 2. The third-order valence-corrected chi connectivity index (χ3v) is 4.19. The Balaban J connectivity index is 2.00. The summed E-state index contributed by atoms with van der Waals surface area (Å²) in [6.45, 7) is 3.25. The zero-order valence-electron chi connectivity index (χ0n) is 12.4. The van der Waals surface area contributed by atoms with Gasteiger partial charge >= 0.3 is 5.95 Å². The summed E-state index contributed by atoms with van der Waals surface area (Å²) in [6, 6.07) is 15.3. The molecule has 0 amide bonds. The molecule has 0 aliphatic carbocycles.